The van der Waals surface area contributed by atoms with Crippen molar-refractivity contribution in [1.29, 1.82) is 0 Å². The van der Waals surface area contributed by atoms with Crippen LogP contribution in [0.5, 0.6) is 0 Å². The SMILES string of the molecule is O=[N+]([O-])c1ccc(C=NCCCN=Cc2ccc([N+](=O)[O-])cc2)cc1. The number of nitrogens with zero attached hydrogens (tertiary/aromatic N) is 4. The van der Waals surface area contributed by atoms with Gasteiger partial charge in [-0.3, -0.25) is 30.2 Å². The highest BCUT2D eigenvalue weighted by atomic mass is 16.6. The first-order chi connectivity index (χ1) is 12.1. The molecule has 0 bridgehead atoms. The second kappa shape index (κ2) is 9.02. The molecule has 0 fully saturated rings. The molecular formula is C17H16N4O4. The lowest BCUT2D eigenvalue weighted by molar-refractivity contribution is -0.385. The van der Waals surface area contributed by atoms with Gasteiger partial charge >= 0.3 is 0 Å². The Hall–Kier alpha value is -3.42. The van der Waals surface area contributed by atoms with E-state index in [1.54, 1.807) is 36.7 Å². The van der Waals surface area contributed by atoms with E-state index in [9.17, 15) is 20.2 Å². The molecule has 2 aromatic carbocycles. The highest BCUT2D eigenvalue weighted by Gasteiger charge is 2.03. The van der Waals surface area contributed by atoms with E-state index < -0.39 is 9.85 Å². The summed E-state index contributed by atoms with van der Waals surface area (Å²) in [6, 6.07) is 12.4. The van der Waals surface area contributed by atoms with Crippen molar-refractivity contribution >= 4 is 23.8 Å². The van der Waals surface area contributed by atoms with Gasteiger partial charge < -0.3 is 0 Å². The van der Waals surface area contributed by atoms with E-state index in [1.165, 1.54) is 24.3 Å². The summed E-state index contributed by atoms with van der Waals surface area (Å²) in [6.07, 6.45) is 4.10. The van der Waals surface area contributed by atoms with Gasteiger partial charge in [-0.1, -0.05) is 0 Å². The minimum atomic E-state index is -0.441. The highest BCUT2D eigenvalue weighted by Crippen LogP contribution is 2.11. The number of nitro benzene ring substituents is 2. The number of hydrogen-bond donors (Lipinski definition) is 0. The Bertz CT molecular complexity index is 716. The van der Waals surface area contributed by atoms with Gasteiger partial charge in [0.1, 0.15) is 0 Å². The zero-order chi connectivity index (χ0) is 18.1. The summed E-state index contributed by atoms with van der Waals surface area (Å²) >= 11 is 0. The van der Waals surface area contributed by atoms with Crippen molar-refractivity contribution in [3.8, 4) is 0 Å². The molecule has 0 spiro atoms. The predicted octanol–water partition coefficient (Wildman–Crippen LogP) is 3.43. The Morgan fingerprint density at radius 1 is 0.720 bits per heavy atom. The first-order valence-electron chi connectivity index (χ1n) is 7.55. The second-order valence-electron chi connectivity index (χ2n) is 5.12. The molecular weight excluding hydrogens is 324 g/mol. The van der Waals surface area contributed by atoms with Gasteiger partial charge in [-0.2, -0.15) is 0 Å². The van der Waals surface area contributed by atoms with Crippen LogP contribution in [-0.2, 0) is 0 Å². The molecule has 0 heterocycles. The molecule has 8 nitrogen and oxygen atoms in total. The van der Waals surface area contributed by atoms with Crippen LogP contribution in [0.15, 0.2) is 58.5 Å². The van der Waals surface area contributed by atoms with Crippen LogP contribution in [0.4, 0.5) is 11.4 Å². The zero-order valence-corrected chi connectivity index (χ0v) is 13.3. The van der Waals surface area contributed by atoms with Gasteiger partial charge in [0.05, 0.1) is 9.85 Å². The van der Waals surface area contributed by atoms with Crippen molar-refractivity contribution in [1.82, 2.24) is 0 Å². The molecule has 0 saturated heterocycles. The van der Waals surface area contributed by atoms with Crippen LogP contribution in [-0.4, -0.2) is 35.4 Å². The van der Waals surface area contributed by atoms with Crippen molar-refractivity contribution in [2.24, 2.45) is 9.98 Å². The fraction of sp³-hybridized carbons (Fsp3) is 0.176. The molecule has 0 radical (unpaired) electrons. The molecule has 0 aliphatic heterocycles. The Morgan fingerprint density at radius 3 is 1.40 bits per heavy atom. The number of non-ortho nitro benzene ring substituents is 2. The maximum atomic E-state index is 10.6. The molecule has 25 heavy (non-hydrogen) atoms. The molecule has 0 amide bonds. The quantitative estimate of drug-likeness (QED) is 0.317. The highest BCUT2D eigenvalue weighted by molar-refractivity contribution is 5.80. The summed E-state index contributed by atoms with van der Waals surface area (Å²) in [6.45, 7) is 1.18. The lowest BCUT2D eigenvalue weighted by Gasteiger charge is -1.95. The van der Waals surface area contributed by atoms with E-state index in [0.29, 0.717) is 13.1 Å². The summed E-state index contributed by atoms with van der Waals surface area (Å²) in [5.41, 5.74) is 1.72. The van der Waals surface area contributed by atoms with Gasteiger partial charge in [-0.15, -0.1) is 0 Å². The number of benzene rings is 2. The van der Waals surface area contributed by atoms with Crippen LogP contribution in [0, 0.1) is 20.2 Å². The van der Waals surface area contributed by atoms with E-state index in [2.05, 4.69) is 9.98 Å². The van der Waals surface area contributed by atoms with Crippen LogP contribution in [0.25, 0.3) is 0 Å². The maximum Gasteiger partial charge on any atom is 0.269 e. The molecule has 2 rings (SSSR count). The fourth-order valence-electron chi connectivity index (χ4n) is 1.96. The van der Waals surface area contributed by atoms with Crippen molar-refractivity contribution in [3.63, 3.8) is 0 Å². The molecule has 128 valence electrons. The number of aliphatic imine (C=N–C) groups is 2. The van der Waals surface area contributed by atoms with Crippen molar-refractivity contribution < 1.29 is 9.85 Å². The minimum absolute atomic E-state index is 0.0535. The van der Waals surface area contributed by atoms with Gasteiger partial charge in [0.15, 0.2) is 0 Å². The van der Waals surface area contributed by atoms with E-state index in [1.807, 2.05) is 0 Å². The standard InChI is InChI=1S/C17H16N4O4/c22-20(23)16-6-2-14(3-7-16)12-18-10-1-11-19-13-15-4-8-17(9-5-15)21(24)25/h2-9,12-13H,1,10-11H2. The topological polar surface area (TPSA) is 111 Å². The molecule has 2 aromatic rings. The average Bonchev–Trinajstić information content (AvgIpc) is 2.61. The first-order valence-corrected chi connectivity index (χ1v) is 7.55. The Morgan fingerprint density at radius 2 is 1.08 bits per heavy atom. The Kier molecular flexibility index (Phi) is 6.47. The third kappa shape index (κ3) is 5.94. The average molecular weight is 340 g/mol. The molecule has 0 unspecified atom stereocenters. The van der Waals surface area contributed by atoms with Gasteiger partial charge in [-0.25, -0.2) is 0 Å². The summed E-state index contributed by atoms with van der Waals surface area (Å²) in [5, 5.41) is 21.1. The Balaban J connectivity index is 1.71. The van der Waals surface area contributed by atoms with E-state index in [-0.39, 0.29) is 11.4 Å². The smallest absolute Gasteiger partial charge is 0.269 e. The van der Waals surface area contributed by atoms with Crippen molar-refractivity contribution in [2.75, 3.05) is 13.1 Å². The van der Waals surface area contributed by atoms with E-state index in [4.69, 9.17) is 0 Å². The van der Waals surface area contributed by atoms with E-state index in [0.717, 1.165) is 17.5 Å². The summed E-state index contributed by atoms with van der Waals surface area (Å²) in [4.78, 5) is 28.7. The Labute approximate surface area is 143 Å². The number of nitro groups is 2. The van der Waals surface area contributed by atoms with Crippen LogP contribution in [0.2, 0.25) is 0 Å². The fourth-order valence-corrected chi connectivity index (χ4v) is 1.96. The van der Waals surface area contributed by atoms with Gasteiger partial charge in [-0.05, 0) is 41.8 Å². The molecule has 8 heteroatoms. The van der Waals surface area contributed by atoms with Gasteiger partial charge in [0, 0.05) is 49.8 Å². The lowest BCUT2D eigenvalue weighted by Crippen LogP contribution is -1.91. The van der Waals surface area contributed by atoms with Gasteiger partial charge in [0.2, 0.25) is 0 Å². The monoisotopic (exact) mass is 340 g/mol. The minimum Gasteiger partial charge on any atom is -0.292 e. The third-order valence-corrected chi connectivity index (χ3v) is 3.26. The molecule has 0 N–H and O–H groups in total. The van der Waals surface area contributed by atoms with E-state index >= 15 is 0 Å². The normalized spacial score (nSPS) is 11.2. The van der Waals surface area contributed by atoms with Crippen LogP contribution < -0.4 is 0 Å². The van der Waals surface area contributed by atoms with Crippen LogP contribution in [0.1, 0.15) is 17.5 Å². The summed E-state index contributed by atoms with van der Waals surface area (Å²) in [7, 11) is 0. The van der Waals surface area contributed by atoms with Crippen LogP contribution in [0.3, 0.4) is 0 Å². The second-order valence-corrected chi connectivity index (χ2v) is 5.12. The molecule has 0 atom stereocenters. The molecule has 0 aliphatic carbocycles. The van der Waals surface area contributed by atoms with Crippen molar-refractivity contribution in [2.45, 2.75) is 6.42 Å². The number of rotatable bonds is 8. The maximum absolute atomic E-state index is 10.6. The first kappa shape index (κ1) is 17.9. The largest absolute Gasteiger partial charge is 0.292 e. The third-order valence-electron chi connectivity index (χ3n) is 3.26. The predicted molar refractivity (Wildman–Crippen MR) is 95.7 cm³/mol. The van der Waals surface area contributed by atoms with Crippen molar-refractivity contribution in [3.05, 3.63) is 79.9 Å². The summed E-state index contributed by atoms with van der Waals surface area (Å²) < 4.78 is 0. The van der Waals surface area contributed by atoms with Crippen LogP contribution >= 0.6 is 0 Å². The zero-order valence-electron chi connectivity index (χ0n) is 13.3. The lowest BCUT2D eigenvalue weighted by atomic mass is 10.2. The molecule has 0 saturated carbocycles. The van der Waals surface area contributed by atoms with Gasteiger partial charge in [0.25, 0.3) is 11.4 Å². The molecule has 0 aliphatic rings. The number of hydrogen-bond acceptors (Lipinski definition) is 6. The molecule has 0 aromatic heterocycles. The summed E-state index contributed by atoms with van der Waals surface area (Å²) in [5.74, 6) is 0.